The van der Waals surface area contributed by atoms with Gasteiger partial charge in [0.1, 0.15) is 5.75 Å². The highest BCUT2D eigenvalue weighted by molar-refractivity contribution is 5.26. The van der Waals surface area contributed by atoms with Crippen LogP contribution in [-0.4, -0.2) is 11.1 Å². The Hall–Kier alpha value is -1.09. The van der Waals surface area contributed by atoms with Crippen LogP contribution < -0.4 is 10.5 Å². The number of rotatable bonds is 3. The molecule has 2 unspecified atom stereocenters. The Kier molecular flexibility index (Phi) is 4.00. The van der Waals surface area contributed by atoms with Crippen molar-refractivity contribution in [2.24, 2.45) is 17.6 Å². The molecule has 94 valence electrons. The number of hydrogen-bond acceptors (Lipinski definition) is 3. The molecule has 1 aromatic rings. The molecule has 0 saturated heterocycles. The molecular weight excluding hydrogens is 212 g/mol. The van der Waals surface area contributed by atoms with Crippen molar-refractivity contribution in [2.45, 2.75) is 45.8 Å². The molecule has 0 radical (unpaired) electrons. The summed E-state index contributed by atoms with van der Waals surface area (Å²) in [5, 5.41) is 0. The minimum absolute atomic E-state index is 0.322. The fourth-order valence-corrected chi connectivity index (χ4v) is 2.83. The maximum Gasteiger partial charge on any atom is 0.142 e. The Morgan fingerprint density at radius 2 is 2.00 bits per heavy atom. The van der Waals surface area contributed by atoms with Gasteiger partial charge in [0.15, 0.2) is 0 Å². The van der Waals surface area contributed by atoms with Gasteiger partial charge in [-0.15, -0.1) is 0 Å². The zero-order valence-electron chi connectivity index (χ0n) is 10.7. The lowest BCUT2D eigenvalue weighted by Crippen LogP contribution is -2.29. The zero-order chi connectivity index (χ0) is 12.3. The van der Waals surface area contributed by atoms with Gasteiger partial charge in [-0.1, -0.05) is 13.8 Å². The van der Waals surface area contributed by atoms with Crippen LogP contribution in [0.25, 0.3) is 0 Å². The molecule has 0 aliphatic heterocycles. The first-order valence-corrected chi connectivity index (χ1v) is 6.49. The number of nitrogens with two attached hydrogens (primary N) is 1. The number of hydrogen-bond donors (Lipinski definition) is 1. The lowest BCUT2D eigenvalue weighted by atomic mass is 9.82. The van der Waals surface area contributed by atoms with Gasteiger partial charge in [-0.05, 0) is 43.2 Å². The Morgan fingerprint density at radius 1 is 1.29 bits per heavy atom. The Bertz CT molecular complexity index is 357. The fraction of sp³-hybridized carbons (Fsp3) is 0.643. The average molecular weight is 234 g/mol. The lowest BCUT2D eigenvalue weighted by Gasteiger charge is -2.32. The molecule has 3 heteroatoms. The number of pyridine rings is 1. The molecule has 17 heavy (non-hydrogen) atoms. The highest BCUT2D eigenvalue weighted by Crippen LogP contribution is 2.31. The van der Waals surface area contributed by atoms with Crippen molar-refractivity contribution in [1.29, 1.82) is 0 Å². The van der Waals surface area contributed by atoms with Crippen molar-refractivity contribution in [3.63, 3.8) is 0 Å². The normalized spacial score (nSPS) is 29.0. The summed E-state index contributed by atoms with van der Waals surface area (Å²) in [6.45, 7) is 5.05. The van der Waals surface area contributed by atoms with Crippen molar-refractivity contribution in [2.75, 3.05) is 0 Å². The molecule has 0 bridgehead atoms. The van der Waals surface area contributed by atoms with Crippen LogP contribution in [0.3, 0.4) is 0 Å². The lowest BCUT2D eigenvalue weighted by molar-refractivity contribution is 0.0996. The second-order valence-electron chi connectivity index (χ2n) is 5.31. The second-order valence-corrected chi connectivity index (χ2v) is 5.31. The Morgan fingerprint density at radius 3 is 2.65 bits per heavy atom. The summed E-state index contributed by atoms with van der Waals surface area (Å²) in [6, 6.07) is 3.88. The molecule has 0 aromatic carbocycles. The molecule has 2 atom stereocenters. The van der Waals surface area contributed by atoms with Gasteiger partial charge in [0, 0.05) is 12.7 Å². The first-order chi connectivity index (χ1) is 8.19. The van der Waals surface area contributed by atoms with Crippen LogP contribution in [-0.2, 0) is 6.54 Å². The van der Waals surface area contributed by atoms with Gasteiger partial charge >= 0.3 is 0 Å². The van der Waals surface area contributed by atoms with Crippen molar-refractivity contribution >= 4 is 0 Å². The van der Waals surface area contributed by atoms with Crippen molar-refractivity contribution in [3.8, 4) is 5.75 Å². The van der Waals surface area contributed by atoms with Crippen LogP contribution in [0, 0.1) is 11.8 Å². The molecule has 1 heterocycles. The number of aromatic nitrogens is 1. The van der Waals surface area contributed by atoms with E-state index < -0.39 is 0 Å². The van der Waals surface area contributed by atoms with E-state index in [1.165, 1.54) is 6.42 Å². The van der Waals surface area contributed by atoms with Crippen LogP contribution in [0.2, 0.25) is 0 Å². The van der Waals surface area contributed by atoms with Crippen molar-refractivity contribution in [1.82, 2.24) is 4.98 Å². The predicted octanol–water partition coefficient (Wildman–Crippen LogP) is 2.74. The van der Waals surface area contributed by atoms with Gasteiger partial charge in [-0.25, -0.2) is 0 Å². The largest absolute Gasteiger partial charge is 0.488 e. The second kappa shape index (κ2) is 5.50. The third-order valence-electron chi connectivity index (χ3n) is 3.47. The third kappa shape index (κ3) is 3.19. The zero-order valence-corrected chi connectivity index (χ0v) is 10.7. The van der Waals surface area contributed by atoms with Crippen LogP contribution >= 0.6 is 0 Å². The molecule has 0 spiro atoms. The fourth-order valence-electron chi connectivity index (χ4n) is 2.83. The minimum Gasteiger partial charge on any atom is -0.488 e. The van der Waals surface area contributed by atoms with Crippen LogP contribution in [0.15, 0.2) is 18.3 Å². The van der Waals surface area contributed by atoms with Gasteiger partial charge < -0.3 is 10.5 Å². The SMILES string of the molecule is CC1CC(C)CC(Oc2cccnc2CN)C1. The van der Waals surface area contributed by atoms with Gasteiger partial charge in [-0.2, -0.15) is 0 Å². The Labute approximate surface area is 103 Å². The first-order valence-electron chi connectivity index (χ1n) is 6.49. The maximum absolute atomic E-state index is 6.08. The highest BCUT2D eigenvalue weighted by Gasteiger charge is 2.25. The summed E-state index contributed by atoms with van der Waals surface area (Å²) in [5.74, 6) is 2.37. The molecule has 2 N–H and O–H groups in total. The van der Waals surface area contributed by atoms with Gasteiger partial charge in [0.05, 0.1) is 11.8 Å². The van der Waals surface area contributed by atoms with E-state index in [0.29, 0.717) is 12.6 Å². The van der Waals surface area contributed by atoms with Crippen LogP contribution in [0.1, 0.15) is 38.8 Å². The molecular formula is C14H22N2O. The van der Waals surface area contributed by atoms with Gasteiger partial charge in [0.2, 0.25) is 0 Å². The molecule has 1 aliphatic rings. The average Bonchev–Trinajstić information content (AvgIpc) is 2.28. The summed E-state index contributed by atoms with van der Waals surface area (Å²) in [5.41, 5.74) is 6.53. The summed E-state index contributed by atoms with van der Waals surface area (Å²) in [7, 11) is 0. The van der Waals surface area contributed by atoms with Crippen LogP contribution in [0.5, 0.6) is 5.75 Å². The van der Waals surface area contributed by atoms with E-state index in [1.54, 1.807) is 6.20 Å². The van der Waals surface area contributed by atoms with E-state index in [-0.39, 0.29) is 0 Å². The maximum atomic E-state index is 6.08. The van der Waals surface area contributed by atoms with E-state index in [9.17, 15) is 0 Å². The predicted molar refractivity (Wildman–Crippen MR) is 68.7 cm³/mol. The summed E-state index contributed by atoms with van der Waals surface area (Å²) >= 11 is 0. The summed E-state index contributed by atoms with van der Waals surface area (Å²) in [4.78, 5) is 4.25. The van der Waals surface area contributed by atoms with Gasteiger partial charge in [0.25, 0.3) is 0 Å². The monoisotopic (exact) mass is 234 g/mol. The van der Waals surface area contributed by atoms with Gasteiger partial charge in [-0.3, -0.25) is 4.98 Å². The van der Waals surface area contributed by atoms with Crippen LogP contribution in [0.4, 0.5) is 0 Å². The number of ether oxygens (including phenoxy) is 1. The molecule has 3 nitrogen and oxygen atoms in total. The van der Waals surface area contributed by atoms with E-state index in [4.69, 9.17) is 10.5 Å². The first kappa shape index (κ1) is 12.4. The molecule has 0 amide bonds. The third-order valence-corrected chi connectivity index (χ3v) is 3.47. The van der Waals surface area contributed by atoms with E-state index in [2.05, 4.69) is 18.8 Å². The van der Waals surface area contributed by atoms with E-state index in [0.717, 1.165) is 36.1 Å². The Balaban J connectivity index is 2.04. The van der Waals surface area contributed by atoms with E-state index >= 15 is 0 Å². The van der Waals surface area contributed by atoms with E-state index in [1.807, 2.05) is 12.1 Å². The summed E-state index contributed by atoms with van der Waals surface area (Å²) < 4.78 is 6.08. The number of nitrogens with zero attached hydrogens (tertiary/aromatic N) is 1. The smallest absolute Gasteiger partial charge is 0.142 e. The summed E-state index contributed by atoms with van der Waals surface area (Å²) in [6.07, 6.45) is 5.69. The highest BCUT2D eigenvalue weighted by atomic mass is 16.5. The molecule has 1 saturated carbocycles. The minimum atomic E-state index is 0.322. The van der Waals surface area contributed by atoms with Crippen molar-refractivity contribution < 1.29 is 4.74 Å². The molecule has 1 aromatic heterocycles. The quantitative estimate of drug-likeness (QED) is 0.874. The topological polar surface area (TPSA) is 48.1 Å². The molecule has 2 rings (SSSR count). The van der Waals surface area contributed by atoms with Crippen molar-refractivity contribution in [3.05, 3.63) is 24.0 Å². The standard InChI is InChI=1S/C14H22N2O/c1-10-6-11(2)8-12(7-10)17-14-4-3-5-16-13(14)9-15/h3-5,10-12H,6-9,15H2,1-2H3. The molecule has 1 fully saturated rings. The molecule has 1 aliphatic carbocycles.